The minimum Gasteiger partial charge on any atom is -0.346 e. The predicted molar refractivity (Wildman–Crippen MR) is 113 cm³/mol. The molecular weight excluding hydrogens is 406 g/mol. The van der Waals surface area contributed by atoms with E-state index in [1.807, 2.05) is 12.1 Å². The molecule has 0 aliphatic carbocycles. The highest BCUT2D eigenvalue weighted by Gasteiger charge is 2.25. The molecule has 2 heterocycles. The van der Waals surface area contributed by atoms with Crippen LogP contribution < -0.4 is 15.4 Å². The number of anilines is 1. The molecule has 0 spiro atoms. The lowest BCUT2D eigenvalue weighted by Crippen LogP contribution is -2.50. The van der Waals surface area contributed by atoms with Gasteiger partial charge in [0.25, 0.3) is 5.91 Å². The molecule has 1 atom stereocenters. The van der Waals surface area contributed by atoms with Crippen LogP contribution in [0.3, 0.4) is 0 Å². The molecule has 1 aromatic carbocycles. The number of carbonyl (C=O) groups excluding carboxylic acids is 2. The van der Waals surface area contributed by atoms with Crippen LogP contribution in [0.15, 0.2) is 48.7 Å². The number of piperidine rings is 1. The molecule has 1 unspecified atom stereocenters. The number of likely N-dealkylation sites (tertiary alicyclic amines) is 1. The number of rotatable bonds is 6. The molecule has 1 aliphatic rings. The summed E-state index contributed by atoms with van der Waals surface area (Å²) in [5.74, 6) is -0.271. The van der Waals surface area contributed by atoms with Crippen LogP contribution in [0.4, 0.5) is 10.5 Å². The molecule has 10 heteroatoms. The number of carbonyl (C=O) groups is 2. The Balaban J connectivity index is 1.57. The summed E-state index contributed by atoms with van der Waals surface area (Å²) in [5, 5.41) is 5.58. The lowest BCUT2D eigenvalue weighted by atomic mass is 10.1. The van der Waals surface area contributed by atoms with E-state index in [2.05, 4.69) is 20.3 Å². The Morgan fingerprint density at radius 1 is 1.20 bits per heavy atom. The van der Waals surface area contributed by atoms with Gasteiger partial charge < -0.3 is 15.5 Å². The van der Waals surface area contributed by atoms with E-state index in [0.29, 0.717) is 43.7 Å². The maximum Gasteiger partial charge on any atom is 0.321 e. The maximum absolute atomic E-state index is 12.6. The molecule has 1 saturated heterocycles. The fourth-order valence-corrected chi connectivity index (χ4v) is 4.07. The highest BCUT2D eigenvalue weighted by molar-refractivity contribution is 7.88. The average Bonchev–Trinajstić information content (AvgIpc) is 2.72. The summed E-state index contributed by atoms with van der Waals surface area (Å²) in [4.78, 5) is 30.7. The second kappa shape index (κ2) is 9.68. The topological polar surface area (TPSA) is 121 Å². The number of pyridine rings is 1. The monoisotopic (exact) mass is 431 g/mol. The second-order valence-corrected chi connectivity index (χ2v) is 8.97. The molecule has 0 saturated carbocycles. The molecular formula is C20H25N5O4S. The first kappa shape index (κ1) is 21.7. The van der Waals surface area contributed by atoms with Gasteiger partial charge in [-0.05, 0) is 43.2 Å². The Hall–Kier alpha value is -2.98. The van der Waals surface area contributed by atoms with Gasteiger partial charge in [0.05, 0.1) is 18.5 Å². The fourth-order valence-electron chi connectivity index (χ4n) is 3.28. The van der Waals surface area contributed by atoms with E-state index < -0.39 is 10.0 Å². The van der Waals surface area contributed by atoms with Gasteiger partial charge in [-0.25, -0.2) is 17.9 Å². The normalized spacial score (nSPS) is 16.7. The summed E-state index contributed by atoms with van der Waals surface area (Å²) in [6, 6.07) is 11.5. The van der Waals surface area contributed by atoms with Crippen molar-refractivity contribution in [3.8, 4) is 0 Å². The van der Waals surface area contributed by atoms with Gasteiger partial charge in [-0.15, -0.1) is 0 Å². The molecule has 1 aromatic heterocycles. The Morgan fingerprint density at radius 3 is 2.77 bits per heavy atom. The zero-order valence-electron chi connectivity index (χ0n) is 16.7. The van der Waals surface area contributed by atoms with Crippen molar-refractivity contribution in [2.24, 2.45) is 0 Å². The minimum atomic E-state index is -3.33. The molecule has 9 nitrogen and oxygen atoms in total. The largest absolute Gasteiger partial charge is 0.346 e. The van der Waals surface area contributed by atoms with E-state index in [1.165, 1.54) is 0 Å². The summed E-state index contributed by atoms with van der Waals surface area (Å²) in [7, 11) is -3.33. The zero-order valence-corrected chi connectivity index (χ0v) is 17.5. The van der Waals surface area contributed by atoms with Gasteiger partial charge in [0.2, 0.25) is 10.0 Å². The van der Waals surface area contributed by atoms with E-state index in [1.54, 1.807) is 41.4 Å². The molecule has 0 radical (unpaired) electrons. The second-order valence-electron chi connectivity index (χ2n) is 7.19. The number of sulfonamides is 1. The molecule has 30 heavy (non-hydrogen) atoms. The first-order valence-corrected chi connectivity index (χ1v) is 11.5. The lowest BCUT2D eigenvalue weighted by molar-refractivity contribution is 0.0950. The zero-order chi connectivity index (χ0) is 21.6. The van der Waals surface area contributed by atoms with Crippen LogP contribution in [-0.4, -0.2) is 55.6 Å². The van der Waals surface area contributed by atoms with Crippen molar-refractivity contribution < 1.29 is 18.0 Å². The SMILES string of the molecule is CS(=O)(=O)NC1CCCN(C(=O)Nc2cccc(C(=O)NCc3ccccn3)c2)C1. The Labute approximate surface area is 175 Å². The average molecular weight is 432 g/mol. The van der Waals surface area contributed by atoms with E-state index in [9.17, 15) is 18.0 Å². The maximum atomic E-state index is 12.6. The molecule has 3 N–H and O–H groups in total. The van der Waals surface area contributed by atoms with Crippen LogP contribution in [-0.2, 0) is 16.6 Å². The van der Waals surface area contributed by atoms with Crippen molar-refractivity contribution in [2.75, 3.05) is 24.7 Å². The van der Waals surface area contributed by atoms with Gasteiger partial charge >= 0.3 is 6.03 Å². The fraction of sp³-hybridized carbons (Fsp3) is 0.350. The quantitative estimate of drug-likeness (QED) is 0.641. The van der Waals surface area contributed by atoms with Crippen molar-refractivity contribution >= 4 is 27.6 Å². The predicted octanol–water partition coefficient (Wildman–Crippen LogP) is 1.56. The minimum absolute atomic E-state index is 0.271. The van der Waals surface area contributed by atoms with Gasteiger partial charge in [-0.1, -0.05) is 12.1 Å². The number of aromatic nitrogens is 1. The van der Waals surface area contributed by atoms with Gasteiger partial charge in [-0.3, -0.25) is 9.78 Å². The van der Waals surface area contributed by atoms with Crippen LogP contribution in [0, 0.1) is 0 Å². The standard InChI is InChI=1S/C20H25N5O4S/c1-30(28,29)24-18-9-5-11-25(14-18)20(27)23-16-8-4-6-15(12-16)19(26)22-13-17-7-2-3-10-21-17/h2-4,6-8,10,12,18,24H,5,9,11,13-14H2,1H3,(H,22,26)(H,23,27). The summed E-state index contributed by atoms with van der Waals surface area (Å²) >= 11 is 0. The molecule has 0 bridgehead atoms. The van der Waals surface area contributed by atoms with Crippen LogP contribution in [0.2, 0.25) is 0 Å². The smallest absolute Gasteiger partial charge is 0.321 e. The van der Waals surface area contributed by atoms with E-state index >= 15 is 0 Å². The third-order valence-electron chi connectivity index (χ3n) is 4.62. The van der Waals surface area contributed by atoms with Crippen LogP contribution in [0.5, 0.6) is 0 Å². The van der Waals surface area contributed by atoms with Gasteiger partial charge in [0.1, 0.15) is 0 Å². The molecule has 2 aromatic rings. The third kappa shape index (κ3) is 6.53. The molecule has 3 amide bonds. The number of nitrogens with zero attached hydrogens (tertiary/aromatic N) is 2. The summed E-state index contributed by atoms with van der Waals surface area (Å²) in [6.07, 6.45) is 4.16. The number of nitrogens with one attached hydrogen (secondary N) is 3. The van der Waals surface area contributed by atoms with E-state index in [-0.39, 0.29) is 18.0 Å². The third-order valence-corrected chi connectivity index (χ3v) is 5.38. The molecule has 1 aliphatic heterocycles. The highest BCUT2D eigenvalue weighted by Crippen LogP contribution is 2.15. The Morgan fingerprint density at radius 2 is 2.03 bits per heavy atom. The summed E-state index contributed by atoms with van der Waals surface area (Å²) < 4.78 is 25.4. The number of hydrogen-bond acceptors (Lipinski definition) is 5. The molecule has 3 rings (SSSR count). The Kier molecular flexibility index (Phi) is 7.01. The first-order chi connectivity index (χ1) is 14.3. The van der Waals surface area contributed by atoms with Crippen LogP contribution >= 0.6 is 0 Å². The number of benzene rings is 1. The van der Waals surface area contributed by atoms with Crippen molar-refractivity contribution in [3.63, 3.8) is 0 Å². The summed E-state index contributed by atoms with van der Waals surface area (Å²) in [6.45, 7) is 1.14. The van der Waals surface area contributed by atoms with Crippen molar-refractivity contribution in [2.45, 2.75) is 25.4 Å². The van der Waals surface area contributed by atoms with Crippen molar-refractivity contribution in [1.82, 2.24) is 19.9 Å². The highest BCUT2D eigenvalue weighted by atomic mass is 32.2. The van der Waals surface area contributed by atoms with Gasteiger partial charge in [0, 0.05) is 36.6 Å². The Bertz CT molecular complexity index is 997. The number of hydrogen-bond donors (Lipinski definition) is 3. The molecule has 1 fully saturated rings. The van der Waals surface area contributed by atoms with Crippen molar-refractivity contribution in [1.29, 1.82) is 0 Å². The number of urea groups is 1. The van der Waals surface area contributed by atoms with Gasteiger partial charge in [-0.2, -0.15) is 0 Å². The number of amides is 3. The van der Waals surface area contributed by atoms with E-state index in [0.717, 1.165) is 11.9 Å². The van der Waals surface area contributed by atoms with E-state index in [4.69, 9.17) is 0 Å². The van der Waals surface area contributed by atoms with Crippen LogP contribution in [0.25, 0.3) is 0 Å². The van der Waals surface area contributed by atoms with Gasteiger partial charge in [0.15, 0.2) is 0 Å². The van der Waals surface area contributed by atoms with Crippen LogP contribution in [0.1, 0.15) is 28.9 Å². The first-order valence-electron chi connectivity index (χ1n) is 9.61. The molecule has 160 valence electrons. The summed E-state index contributed by atoms with van der Waals surface area (Å²) in [5.41, 5.74) is 1.65. The van der Waals surface area contributed by atoms with Crippen molar-refractivity contribution in [3.05, 3.63) is 59.9 Å². The lowest BCUT2D eigenvalue weighted by Gasteiger charge is -2.32.